The van der Waals surface area contributed by atoms with Gasteiger partial charge in [-0.15, -0.1) is 0 Å². The van der Waals surface area contributed by atoms with Crippen LogP contribution in [0.25, 0.3) is 0 Å². The van der Waals surface area contributed by atoms with Crippen molar-refractivity contribution in [2.24, 2.45) is 0 Å². The minimum absolute atomic E-state index is 0.585. The van der Waals surface area contributed by atoms with Crippen LogP contribution in [0, 0.1) is 0 Å². The molecule has 0 aliphatic carbocycles. The van der Waals surface area contributed by atoms with Gasteiger partial charge in [0.25, 0.3) is 0 Å². The Labute approximate surface area is 112 Å². The second-order valence-corrected chi connectivity index (χ2v) is 5.26. The lowest BCUT2D eigenvalue weighted by atomic mass is 10.2. The van der Waals surface area contributed by atoms with Gasteiger partial charge >= 0.3 is 0 Å². The molecule has 0 radical (unpaired) electrons. The van der Waals surface area contributed by atoms with E-state index in [-0.39, 0.29) is 0 Å². The Morgan fingerprint density at radius 1 is 1.17 bits per heavy atom. The molecule has 102 valence electrons. The largest absolute Gasteiger partial charge is 0.369 e. The molecule has 1 N–H and O–H groups in total. The molecule has 0 fully saturated rings. The molecule has 1 aromatic heterocycles. The van der Waals surface area contributed by atoms with Crippen LogP contribution in [-0.4, -0.2) is 35.1 Å². The van der Waals surface area contributed by atoms with E-state index in [0.29, 0.717) is 12.1 Å². The summed E-state index contributed by atoms with van der Waals surface area (Å²) in [5, 5.41) is 3.38. The van der Waals surface area contributed by atoms with Gasteiger partial charge in [-0.25, -0.2) is 4.98 Å². The smallest absolute Gasteiger partial charge is 0.125 e. The maximum absolute atomic E-state index is 4.41. The normalized spacial score (nSPS) is 11.6. The molecule has 1 rings (SSSR count). The molecule has 18 heavy (non-hydrogen) atoms. The number of aryl methyl sites for hydroxylation is 1. The van der Waals surface area contributed by atoms with E-state index in [1.807, 2.05) is 6.20 Å². The summed E-state index contributed by atoms with van der Waals surface area (Å²) in [4.78, 5) is 6.89. The second-order valence-electron chi connectivity index (χ2n) is 5.26. The molecule has 0 aliphatic rings. The molecular weight excluding hydrogens is 222 g/mol. The number of hydrogen-bond acceptors (Lipinski definition) is 3. The van der Waals surface area contributed by atoms with Crippen LogP contribution >= 0.6 is 0 Å². The fourth-order valence-electron chi connectivity index (χ4n) is 2.16. The Morgan fingerprint density at radius 2 is 1.83 bits per heavy atom. The summed E-state index contributed by atoms with van der Waals surface area (Å²) in [5.74, 6) is 0.972. The van der Waals surface area contributed by atoms with Crippen molar-refractivity contribution >= 4 is 5.82 Å². The van der Waals surface area contributed by atoms with E-state index < -0.39 is 0 Å². The van der Waals surface area contributed by atoms with Crippen molar-refractivity contribution in [3.63, 3.8) is 0 Å². The molecule has 0 saturated carbocycles. The number of hydrogen-bond donors (Lipinski definition) is 1. The number of nitrogens with zero attached hydrogens (tertiary/aromatic N) is 2. The molecule has 3 nitrogen and oxygen atoms in total. The fraction of sp³-hybridized carbons (Fsp3) is 0.667. The molecular formula is C15H27N3. The lowest BCUT2D eigenvalue weighted by Crippen LogP contribution is -2.40. The monoisotopic (exact) mass is 249 g/mol. The third kappa shape index (κ3) is 4.65. The van der Waals surface area contributed by atoms with Crippen LogP contribution in [0.5, 0.6) is 0 Å². The third-order valence-electron chi connectivity index (χ3n) is 3.24. The van der Waals surface area contributed by atoms with E-state index in [4.69, 9.17) is 0 Å². The van der Waals surface area contributed by atoms with Crippen molar-refractivity contribution in [1.29, 1.82) is 0 Å². The molecule has 0 unspecified atom stereocenters. The van der Waals surface area contributed by atoms with Gasteiger partial charge in [0.1, 0.15) is 5.82 Å². The predicted molar refractivity (Wildman–Crippen MR) is 79.1 cm³/mol. The van der Waals surface area contributed by atoms with E-state index in [2.05, 4.69) is 62.0 Å². The molecule has 0 spiro atoms. The highest BCUT2D eigenvalue weighted by atomic mass is 15.2. The Balaban J connectivity index is 2.40. The summed E-state index contributed by atoms with van der Waals surface area (Å²) in [6.07, 6.45) is 2.99. The summed E-state index contributed by atoms with van der Waals surface area (Å²) in [6.45, 7) is 13.1. The second kappa shape index (κ2) is 7.37. The van der Waals surface area contributed by atoms with Gasteiger partial charge in [-0.1, -0.05) is 13.0 Å². The van der Waals surface area contributed by atoms with Crippen LogP contribution < -0.4 is 5.32 Å². The first-order valence-electron chi connectivity index (χ1n) is 6.99. The first-order chi connectivity index (χ1) is 8.54. The van der Waals surface area contributed by atoms with Gasteiger partial charge in [0, 0.05) is 31.4 Å². The molecule has 1 aromatic rings. The number of anilines is 1. The van der Waals surface area contributed by atoms with Crippen LogP contribution in [0.15, 0.2) is 18.3 Å². The van der Waals surface area contributed by atoms with Gasteiger partial charge in [0.2, 0.25) is 0 Å². The molecule has 0 bridgehead atoms. The van der Waals surface area contributed by atoms with Crippen LogP contribution in [0.2, 0.25) is 0 Å². The Bertz CT molecular complexity index is 322. The first kappa shape index (κ1) is 15.0. The SMILES string of the molecule is CCc1ccc(NCCN(C(C)C)C(C)C)nc1. The molecule has 0 aliphatic heterocycles. The van der Waals surface area contributed by atoms with Gasteiger partial charge in [-0.2, -0.15) is 0 Å². The van der Waals surface area contributed by atoms with Crippen LogP contribution in [0.4, 0.5) is 5.82 Å². The van der Waals surface area contributed by atoms with E-state index in [0.717, 1.165) is 25.3 Å². The first-order valence-corrected chi connectivity index (χ1v) is 6.99. The van der Waals surface area contributed by atoms with Crippen molar-refractivity contribution in [2.45, 2.75) is 53.1 Å². The molecule has 0 atom stereocenters. The predicted octanol–water partition coefficient (Wildman–Crippen LogP) is 3.17. The van der Waals surface area contributed by atoms with Gasteiger partial charge < -0.3 is 5.32 Å². The zero-order valence-corrected chi connectivity index (χ0v) is 12.4. The average molecular weight is 249 g/mol. The molecule has 1 heterocycles. The Hall–Kier alpha value is -1.09. The number of pyridine rings is 1. The number of nitrogens with one attached hydrogen (secondary N) is 1. The van der Waals surface area contributed by atoms with Crippen LogP contribution in [0.3, 0.4) is 0 Å². The van der Waals surface area contributed by atoms with Gasteiger partial charge in [0.15, 0.2) is 0 Å². The van der Waals surface area contributed by atoms with Crippen molar-refractivity contribution in [1.82, 2.24) is 9.88 Å². The van der Waals surface area contributed by atoms with Crippen LogP contribution in [-0.2, 0) is 6.42 Å². The zero-order chi connectivity index (χ0) is 13.5. The topological polar surface area (TPSA) is 28.2 Å². The van der Waals surface area contributed by atoms with Gasteiger partial charge in [-0.3, -0.25) is 4.90 Å². The molecule has 3 heteroatoms. The van der Waals surface area contributed by atoms with E-state index >= 15 is 0 Å². The molecule has 0 saturated heterocycles. The Kier molecular flexibility index (Phi) is 6.13. The van der Waals surface area contributed by atoms with Gasteiger partial charge in [-0.05, 0) is 45.7 Å². The van der Waals surface area contributed by atoms with Crippen molar-refractivity contribution in [3.05, 3.63) is 23.9 Å². The van der Waals surface area contributed by atoms with Crippen molar-refractivity contribution < 1.29 is 0 Å². The van der Waals surface area contributed by atoms with Crippen molar-refractivity contribution in [2.75, 3.05) is 18.4 Å². The summed E-state index contributed by atoms with van der Waals surface area (Å²) >= 11 is 0. The minimum Gasteiger partial charge on any atom is -0.369 e. The maximum Gasteiger partial charge on any atom is 0.125 e. The number of aromatic nitrogens is 1. The minimum atomic E-state index is 0.585. The standard InChI is InChI=1S/C15H27N3/c1-6-14-7-8-15(17-11-14)16-9-10-18(12(2)3)13(4)5/h7-8,11-13H,6,9-10H2,1-5H3,(H,16,17). The average Bonchev–Trinajstić information content (AvgIpc) is 2.34. The number of rotatable bonds is 7. The van der Waals surface area contributed by atoms with Gasteiger partial charge in [0.05, 0.1) is 0 Å². The summed E-state index contributed by atoms with van der Waals surface area (Å²) in [5.41, 5.74) is 1.28. The lowest BCUT2D eigenvalue weighted by molar-refractivity contribution is 0.182. The van der Waals surface area contributed by atoms with E-state index in [9.17, 15) is 0 Å². The third-order valence-corrected chi connectivity index (χ3v) is 3.24. The highest BCUT2D eigenvalue weighted by molar-refractivity contribution is 5.35. The quantitative estimate of drug-likeness (QED) is 0.804. The zero-order valence-electron chi connectivity index (χ0n) is 12.4. The summed E-state index contributed by atoms with van der Waals surface area (Å²) < 4.78 is 0. The summed E-state index contributed by atoms with van der Waals surface area (Å²) in [7, 11) is 0. The molecule has 0 amide bonds. The van der Waals surface area contributed by atoms with Crippen LogP contribution in [0.1, 0.15) is 40.2 Å². The van der Waals surface area contributed by atoms with Crippen molar-refractivity contribution in [3.8, 4) is 0 Å². The lowest BCUT2D eigenvalue weighted by Gasteiger charge is -2.30. The highest BCUT2D eigenvalue weighted by Gasteiger charge is 2.12. The maximum atomic E-state index is 4.41. The molecule has 0 aromatic carbocycles. The van der Waals surface area contributed by atoms with E-state index in [1.54, 1.807) is 0 Å². The van der Waals surface area contributed by atoms with E-state index in [1.165, 1.54) is 5.56 Å². The summed E-state index contributed by atoms with van der Waals surface area (Å²) in [6, 6.07) is 5.37. The highest BCUT2D eigenvalue weighted by Crippen LogP contribution is 2.07. The Morgan fingerprint density at radius 3 is 2.28 bits per heavy atom. The fourth-order valence-corrected chi connectivity index (χ4v) is 2.16.